The SMILES string of the molecule is CC(C)C#CCOCCNC(=O)CCCOCCOCCOC(N)COc1cccc(C(=O)NCCNC(C)C)c1. The van der Waals surface area contributed by atoms with Gasteiger partial charge >= 0.3 is 0 Å². The summed E-state index contributed by atoms with van der Waals surface area (Å²) in [4.78, 5) is 24.1. The fourth-order valence-electron chi connectivity index (χ4n) is 3.23. The molecule has 0 aliphatic heterocycles. The van der Waals surface area contributed by atoms with E-state index in [0.29, 0.717) is 102 Å². The minimum absolute atomic E-state index is 0.0253. The van der Waals surface area contributed by atoms with Gasteiger partial charge in [0.15, 0.2) is 0 Å². The van der Waals surface area contributed by atoms with Gasteiger partial charge in [-0.3, -0.25) is 9.59 Å². The third-order valence-corrected chi connectivity index (χ3v) is 5.23. The average molecular weight is 579 g/mol. The summed E-state index contributed by atoms with van der Waals surface area (Å²) in [5.74, 6) is 6.64. The van der Waals surface area contributed by atoms with Gasteiger partial charge in [-0.1, -0.05) is 45.6 Å². The Morgan fingerprint density at radius 3 is 2.41 bits per heavy atom. The summed E-state index contributed by atoms with van der Waals surface area (Å²) in [5, 5.41) is 8.93. The lowest BCUT2D eigenvalue weighted by atomic mass is 10.2. The number of carbonyl (C=O) groups excluding carboxylic acids is 2. The van der Waals surface area contributed by atoms with Crippen LogP contribution in [-0.2, 0) is 23.7 Å². The Bertz CT molecular complexity index is 902. The van der Waals surface area contributed by atoms with Crippen LogP contribution in [0.5, 0.6) is 5.75 Å². The molecule has 11 heteroatoms. The highest BCUT2D eigenvalue weighted by atomic mass is 16.6. The number of amides is 2. The Balaban J connectivity index is 1.99. The molecule has 0 saturated heterocycles. The van der Waals surface area contributed by atoms with E-state index in [9.17, 15) is 9.59 Å². The van der Waals surface area contributed by atoms with Gasteiger partial charge in [0.2, 0.25) is 5.91 Å². The van der Waals surface area contributed by atoms with E-state index in [1.54, 1.807) is 24.3 Å². The Hall–Kier alpha value is -2.72. The maximum Gasteiger partial charge on any atom is 0.251 e. The topological polar surface area (TPSA) is 142 Å². The molecule has 2 amide bonds. The molecule has 232 valence electrons. The van der Waals surface area contributed by atoms with Gasteiger partial charge in [0.05, 0.1) is 33.0 Å². The van der Waals surface area contributed by atoms with Gasteiger partial charge in [-0.25, -0.2) is 0 Å². The third kappa shape index (κ3) is 21.7. The molecule has 1 unspecified atom stereocenters. The quantitative estimate of drug-likeness (QED) is 0.0867. The summed E-state index contributed by atoms with van der Waals surface area (Å²) in [6.45, 7) is 12.8. The molecular formula is C30H50N4O7. The molecule has 0 aliphatic rings. The number of carbonyl (C=O) groups is 2. The molecule has 0 bridgehead atoms. The zero-order chi connectivity index (χ0) is 30.1. The van der Waals surface area contributed by atoms with Crippen molar-refractivity contribution >= 4 is 11.8 Å². The van der Waals surface area contributed by atoms with Gasteiger partial charge in [-0.15, -0.1) is 0 Å². The molecule has 0 saturated carbocycles. The molecule has 41 heavy (non-hydrogen) atoms. The van der Waals surface area contributed by atoms with Gasteiger partial charge in [0.1, 0.15) is 25.2 Å². The summed E-state index contributed by atoms with van der Waals surface area (Å²) in [6, 6.07) is 7.31. The van der Waals surface area contributed by atoms with Crippen molar-refractivity contribution in [3.63, 3.8) is 0 Å². The van der Waals surface area contributed by atoms with Crippen LogP contribution in [0, 0.1) is 17.8 Å². The van der Waals surface area contributed by atoms with Crippen molar-refractivity contribution in [2.75, 3.05) is 72.5 Å². The molecule has 1 aromatic rings. The minimum atomic E-state index is -0.634. The van der Waals surface area contributed by atoms with Crippen LogP contribution in [0.2, 0.25) is 0 Å². The second-order valence-electron chi connectivity index (χ2n) is 9.82. The number of rotatable bonds is 23. The van der Waals surface area contributed by atoms with Gasteiger partial charge in [-0.2, -0.15) is 0 Å². The number of nitrogens with two attached hydrogens (primary N) is 1. The third-order valence-electron chi connectivity index (χ3n) is 5.23. The Kier molecular flexibility index (Phi) is 21.2. The molecular weight excluding hydrogens is 528 g/mol. The van der Waals surface area contributed by atoms with Crippen LogP contribution in [0.3, 0.4) is 0 Å². The van der Waals surface area contributed by atoms with E-state index in [-0.39, 0.29) is 18.4 Å². The first-order valence-corrected chi connectivity index (χ1v) is 14.4. The predicted molar refractivity (Wildman–Crippen MR) is 159 cm³/mol. The van der Waals surface area contributed by atoms with Gasteiger partial charge in [0.25, 0.3) is 5.91 Å². The number of hydrogen-bond acceptors (Lipinski definition) is 9. The van der Waals surface area contributed by atoms with Crippen molar-refractivity contribution in [3.8, 4) is 17.6 Å². The Morgan fingerprint density at radius 1 is 0.902 bits per heavy atom. The van der Waals surface area contributed by atoms with E-state index < -0.39 is 6.23 Å². The fraction of sp³-hybridized carbons (Fsp3) is 0.667. The zero-order valence-corrected chi connectivity index (χ0v) is 25.2. The zero-order valence-electron chi connectivity index (χ0n) is 25.2. The summed E-state index contributed by atoms with van der Waals surface area (Å²) in [7, 11) is 0. The molecule has 0 heterocycles. The molecule has 1 rings (SSSR count). The largest absolute Gasteiger partial charge is 0.489 e. The number of nitrogens with one attached hydrogen (secondary N) is 3. The van der Waals surface area contributed by atoms with Crippen molar-refractivity contribution in [1.82, 2.24) is 16.0 Å². The van der Waals surface area contributed by atoms with Gasteiger partial charge in [0, 0.05) is 50.2 Å². The molecule has 0 aromatic heterocycles. The highest BCUT2D eigenvalue weighted by molar-refractivity contribution is 5.94. The smallest absolute Gasteiger partial charge is 0.251 e. The lowest BCUT2D eigenvalue weighted by Gasteiger charge is -2.15. The van der Waals surface area contributed by atoms with E-state index in [1.807, 2.05) is 13.8 Å². The lowest BCUT2D eigenvalue weighted by Crippen LogP contribution is -2.34. The molecule has 5 N–H and O–H groups in total. The summed E-state index contributed by atoms with van der Waals surface area (Å²) in [6.07, 6.45) is 0.397. The van der Waals surface area contributed by atoms with E-state index in [0.717, 1.165) is 0 Å². The van der Waals surface area contributed by atoms with Crippen molar-refractivity contribution in [2.45, 2.75) is 52.8 Å². The van der Waals surface area contributed by atoms with E-state index in [4.69, 9.17) is 29.4 Å². The summed E-state index contributed by atoms with van der Waals surface area (Å²) >= 11 is 0. The van der Waals surface area contributed by atoms with Crippen LogP contribution in [0.15, 0.2) is 24.3 Å². The van der Waals surface area contributed by atoms with Gasteiger partial charge in [-0.05, 0) is 24.6 Å². The van der Waals surface area contributed by atoms with Crippen molar-refractivity contribution in [1.29, 1.82) is 0 Å². The number of ether oxygens (including phenoxy) is 5. The fourth-order valence-corrected chi connectivity index (χ4v) is 3.23. The lowest BCUT2D eigenvalue weighted by molar-refractivity contribution is -0.121. The maximum atomic E-state index is 12.3. The van der Waals surface area contributed by atoms with Crippen molar-refractivity contribution in [2.24, 2.45) is 11.7 Å². The van der Waals surface area contributed by atoms with E-state index in [2.05, 4.69) is 41.6 Å². The maximum absolute atomic E-state index is 12.3. The second kappa shape index (κ2) is 23.9. The van der Waals surface area contributed by atoms with Gasteiger partial charge < -0.3 is 45.4 Å². The predicted octanol–water partition coefficient (Wildman–Crippen LogP) is 1.70. The Labute approximate surface area is 245 Å². The van der Waals surface area contributed by atoms with E-state index >= 15 is 0 Å². The van der Waals surface area contributed by atoms with Crippen LogP contribution in [0.4, 0.5) is 0 Å². The van der Waals surface area contributed by atoms with Crippen LogP contribution in [0.25, 0.3) is 0 Å². The molecule has 1 atom stereocenters. The Morgan fingerprint density at radius 2 is 1.66 bits per heavy atom. The standard InChI is InChI=1S/C30H50N4O7/c1-24(2)8-6-15-37-17-14-33-29(35)11-7-16-38-18-19-39-20-21-40-28(31)23-41-27-10-5-9-26(22-27)30(36)34-13-12-32-25(3)4/h5,9-10,22,24-25,28,32H,7,11-21,23,31H2,1-4H3,(H,33,35)(H,34,36). The molecule has 0 spiro atoms. The van der Waals surface area contributed by atoms with Crippen molar-refractivity contribution in [3.05, 3.63) is 29.8 Å². The van der Waals surface area contributed by atoms with E-state index in [1.165, 1.54) is 0 Å². The monoisotopic (exact) mass is 578 g/mol. The molecule has 1 aromatic carbocycles. The summed E-state index contributed by atoms with van der Waals surface area (Å²) < 4.78 is 27.5. The molecule has 0 aliphatic carbocycles. The summed E-state index contributed by atoms with van der Waals surface area (Å²) in [5.41, 5.74) is 6.47. The first kappa shape index (κ1) is 36.3. The first-order valence-electron chi connectivity index (χ1n) is 14.4. The van der Waals surface area contributed by atoms with Crippen LogP contribution in [0.1, 0.15) is 50.9 Å². The second-order valence-corrected chi connectivity index (χ2v) is 9.82. The highest BCUT2D eigenvalue weighted by Crippen LogP contribution is 2.13. The highest BCUT2D eigenvalue weighted by Gasteiger charge is 2.08. The van der Waals surface area contributed by atoms with Crippen LogP contribution < -0.4 is 26.4 Å². The number of benzene rings is 1. The number of hydrogen-bond donors (Lipinski definition) is 4. The molecule has 0 radical (unpaired) electrons. The molecule has 0 fully saturated rings. The minimum Gasteiger partial charge on any atom is -0.489 e. The first-order chi connectivity index (χ1) is 19.8. The normalized spacial score (nSPS) is 11.7. The van der Waals surface area contributed by atoms with Crippen LogP contribution >= 0.6 is 0 Å². The average Bonchev–Trinajstić information content (AvgIpc) is 2.94. The molecule has 11 nitrogen and oxygen atoms in total. The van der Waals surface area contributed by atoms with Crippen molar-refractivity contribution < 1.29 is 33.3 Å². The van der Waals surface area contributed by atoms with Crippen LogP contribution in [-0.4, -0.2) is 96.6 Å².